The monoisotopic (exact) mass is 861 g/mol. The SMILES string of the molecule is O=Nc1c(O)ccc2cc(S(=O)(=O)O)ccc12.O=Nc1c(O)ccc2cc(S(=O)(=O)O)ccc12.O=Nc1c(O)ccc2cc(S(=O)(=O)O)ccc12.[Fe].[Na+].[Na+]. The number of rotatable bonds is 6. The Morgan fingerprint density at radius 3 is 0.796 bits per heavy atom. The van der Waals surface area contributed by atoms with Crippen LogP contribution in [0.2, 0.25) is 0 Å². The Hall–Kier alpha value is -3.45. The van der Waals surface area contributed by atoms with Crippen molar-refractivity contribution in [2.45, 2.75) is 14.7 Å². The van der Waals surface area contributed by atoms with Crippen LogP contribution in [0.3, 0.4) is 0 Å². The molecule has 0 radical (unpaired) electrons. The molecule has 0 aliphatic rings. The molecule has 0 spiro atoms. The van der Waals surface area contributed by atoms with E-state index in [1.54, 1.807) is 0 Å². The van der Waals surface area contributed by atoms with E-state index < -0.39 is 30.4 Å². The third-order valence-corrected chi connectivity index (χ3v) is 9.54. The van der Waals surface area contributed by atoms with Gasteiger partial charge in [-0.15, -0.1) is 14.7 Å². The molecule has 6 N–H and O–H groups in total. The van der Waals surface area contributed by atoms with Crippen LogP contribution in [0.1, 0.15) is 0 Å². The number of nitrogens with zero attached hydrogens (tertiary/aromatic N) is 3. The van der Waals surface area contributed by atoms with Gasteiger partial charge in [0.15, 0.2) is 17.1 Å². The molecule has 6 aromatic carbocycles. The van der Waals surface area contributed by atoms with Crippen molar-refractivity contribution in [3.63, 3.8) is 0 Å². The van der Waals surface area contributed by atoms with Gasteiger partial charge in [-0.2, -0.15) is 25.3 Å². The van der Waals surface area contributed by atoms with Crippen molar-refractivity contribution in [3.8, 4) is 17.2 Å². The first-order valence-electron chi connectivity index (χ1n) is 13.5. The molecule has 0 fully saturated rings. The second kappa shape index (κ2) is 19.4. The molecule has 6 aromatic rings. The summed E-state index contributed by atoms with van der Waals surface area (Å²) < 4.78 is 92.1. The van der Waals surface area contributed by atoms with Crippen molar-refractivity contribution in [2.75, 3.05) is 0 Å². The zero-order chi connectivity index (χ0) is 37.9. The van der Waals surface area contributed by atoms with Crippen LogP contribution in [-0.4, -0.2) is 54.2 Å². The number of hydrogen-bond donors (Lipinski definition) is 6. The number of hydrogen-bond acceptors (Lipinski definition) is 15. The molecular formula is C30H21FeN3Na2O15S3+2. The second-order valence-corrected chi connectivity index (χ2v) is 14.4. The Labute approximate surface area is 359 Å². The summed E-state index contributed by atoms with van der Waals surface area (Å²) in [4.78, 5) is 30.8. The van der Waals surface area contributed by atoms with Crippen molar-refractivity contribution in [2.24, 2.45) is 15.5 Å². The summed E-state index contributed by atoms with van der Waals surface area (Å²) in [5.41, 5.74) is -0.488. The average Bonchev–Trinajstić information content (AvgIpc) is 3.07. The van der Waals surface area contributed by atoms with Crippen LogP contribution in [0.4, 0.5) is 17.1 Å². The summed E-state index contributed by atoms with van der Waals surface area (Å²) in [6.45, 7) is 0. The van der Waals surface area contributed by atoms with Gasteiger partial charge >= 0.3 is 59.1 Å². The number of nitroso groups, excluding NO2 is 3. The Morgan fingerprint density at radius 2 is 0.611 bits per heavy atom. The Kier molecular flexibility index (Phi) is 17.5. The standard InChI is InChI=1S/3C10H7NO5S.Fe.2Na/c3*12-9-4-1-6-5-7(17(14,15)16)2-3-8(6)10(9)11-13;;;/h3*1-5,12H,(H,14,15,16);;;/q;;;;2*+1. The fourth-order valence-electron chi connectivity index (χ4n) is 4.61. The average molecular weight is 862 g/mol. The summed E-state index contributed by atoms with van der Waals surface area (Å²) in [7, 11) is -12.9. The zero-order valence-corrected chi connectivity index (χ0v) is 35.0. The molecule has 6 rings (SSSR count). The molecule has 0 aliphatic carbocycles. The second-order valence-electron chi connectivity index (χ2n) is 10.1. The summed E-state index contributed by atoms with van der Waals surface area (Å²) >= 11 is 0. The van der Waals surface area contributed by atoms with E-state index >= 15 is 0 Å². The van der Waals surface area contributed by atoms with Crippen molar-refractivity contribution in [3.05, 3.63) is 106 Å². The zero-order valence-electron chi connectivity index (χ0n) is 27.4. The third kappa shape index (κ3) is 11.3. The largest absolute Gasteiger partial charge is 1.00 e. The first-order chi connectivity index (χ1) is 23.8. The number of aromatic hydroxyl groups is 3. The number of benzene rings is 6. The predicted molar refractivity (Wildman–Crippen MR) is 183 cm³/mol. The Balaban J connectivity index is 0.000000394. The fraction of sp³-hybridized carbons (Fsp3) is 0. The van der Waals surface area contributed by atoms with Gasteiger partial charge in [0.25, 0.3) is 30.4 Å². The molecule has 0 amide bonds. The molecule has 272 valence electrons. The molecule has 18 nitrogen and oxygen atoms in total. The molecule has 0 saturated carbocycles. The van der Waals surface area contributed by atoms with Crippen molar-refractivity contribution < 1.29 is 130 Å². The van der Waals surface area contributed by atoms with E-state index in [4.69, 9.17) is 13.7 Å². The van der Waals surface area contributed by atoms with E-state index in [0.29, 0.717) is 32.3 Å². The van der Waals surface area contributed by atoms with Crippen LogP contribution >= 0.6 is 0 Å². The van der Waals surface area contributed by atoms with Gasteiger partial charge < -0.3 is 15.3 Å². The molecule has 0 saturated heterocycles. The third-order valence-electron chi connectivity index (χ3n) is 6.99. The summed E-state index contributed by atoms with van der Waals surface area (Å²) in [5, 5.41) is 38.2. The molecule has 54 heavy (non-hydrogen) atoms. The van der Waals surface area contributed by atoms with Gasteiger partial charge in [0.1, 0.15) is 17.2 Å². The van der Waals surface area contributed by atoms with Crippen LogP contribution in [0, 0.1) is 14.7 Å². The van der Waals surface area contributed by atoms with E-state index in [0.717, 1.165) is 18.2 Å². The minimum Gasteiger partial charge on any atom is -0.506 e. The maximum atomic E-state index is 10.9. The van der Waals surface area contributed by atoms with Crippen molar-refractivity contribution >= 4 is 79.7 Å². The minimum atomic E-state index is -4.30. The minimum absolute atomic E-state index is 0. The predicted octanol–water partition coefficient (Wildman–Crippen LogP) is 0.576. The van der Waals surface area contributed by atoms with Gasteiger partial charge in [-0.3, -0.25) is 13.7 Å². The van der Waals surface area contributed by atoms with E-state index in [1.807, 2.05) is 0 Å². The van der Waals surface area contributed by atoms with E-state index in [1.165, 1.54) is 72.8 Å². The molecule has 0 aliphatic heterocycles. The van der Waals surface area contributed by atoms with Gasteiger partial charge in [-0.25, -0.2) is 0 Å². The van der Waals surface area contributed by atoms with Gasteiger partial charge in [0.2, 0.25) is 0 Å². The molecule has 0 bridgehead atoms. The van der Waals surface area contributed by atoms with E-state index in [2.05, 4.69) is 15.5 Å². The van der Waals surface area contributed by atoms with Crippen LogP contribution in [0.15, 0.2) is 121 Å². The van der Waals surface area contributed by atoms with Crippen molar-refractivity contribution in [1.29, 1.82) is 0 Å². The smallest absolute Gasteiger partial charge is 0.506 e. The Bertz CT molecular complexity index is 2440. The Morgan fingerprint density at radius 1 is 0.389 bits per heavy atom. The van der Waals surface area contributed by atoms with Gasteiger partial charge in [0.05, 0.1) is 14.7 Å². The first kappa shape index (κ1) is 48.6. The molecule has 0 unspecified atom stereocenters. The summed E-state index contributed by atoms with van der Waals surface area (Å²) in [5.74, 6) is -0.855. The summed E-state index contributed by atoms with van der Waals surface area (Å²) in [6.07, 6.45) is 0. The van der Waals surface area contributed by atoms with E-state index in [9.17, 15) is 55.3 Å². The molecular weight excluding hydrogens is 840 g/mol. The number of fused-ring (bicyclic) bond motifs is 3. The number of phenols is 3. The molecule has 0 heterocycles. The summed E-state index contributed by atoms with van der Waals surface area (Å²) in [6, 6.07) is 18.8. The number of phenolic OH excluding ortho intramolecular Hbond substituents is 3. The van der Waals surface area contributed by atoms with Gasteiger partial charge in [0, 0.05) is 33.2 Å². The quantitative estimate of drug-likeness (QED) is 0.0758. The van der Waals surface area contributed by atoms with Crippen LogP contribution < -0.4 is 59.1 Å². The molecule has 0 aromatic heterocycles. The molecule has 0 atom stereocenters. The van der Waals surface area contributed by atoms with Gasteiger partial charge in [-0.05, 0) is 86.3 Å². The van der Waals surface area contributed by atoms with Crippen LogP contribution in [0.25, 0.3) is 32.3 Å². The normalized spacial score (nSPS) is 10.9. The topological polar surface area (TPSA) is 312 Å². The van der Waals surface area contributed by atoms with Gasteiger partial charge in [-0.1, -0.05) is 36.4 Å². The van der Waals surface area contributed by atoms with Crippen LogP contribution in [-0.2, 0) is 47.4 Å². The van der Waals surface area contributed by atoms with Crippen molar-refractivity contribution in [1.82, 2.24) is 0 Å². The maximum absolute atomic E-state index is 10.9. The molecule has 24 heteroatoms. The van der Waals surface area contributed by atoms with E-state index in [-0.39, 0.29) is 125 Å². The fourth-order valence-corrected chi connectivity index (χ4v) is 6.16. The maximum Gasteiger partial charge on any atom is 1.00 e. The van der Waals surface area contributed by atoms with Crippen LogP contribution in [0.5, 0.6) is 17.2 Å². The first-order valence-corrected chi connectivity index (χ1v) is 17.8.